The molecule has 0 radical (unpaired) electrons. The molecule has 172 valence electrons. The predicted molar refractivity (Wildman–Crippen MR) is 132 cm³/mol. The van der Waals surface area contributed by atoms with Crippen LogP contribution in [0, 0.1) is 5.82 Å². The summed E-state index contributed by atoms with van der Waals surface area (Å²) in [4.78, 5) is 4.72. The smallest absolute Gasteiger partial charge is 0.268 e. The molecule has 4 aromatic rings. The Hall–Kier alpha value is -2.87. The molecule has 0 amide bonds. The fourth-order valence-electron chi connectivity index (χ4n) is 4.26. The minimum Gasteiger partial charge on any atom is -0.369 e. The molecule has 0 atom stereocenters. The number of halogens is 2. The van der Waals surface area contributed by atoms with E-state index in [-0.39, 0.29) is 17.3 Å². The van der Waals surface area contributed by atoms with Crippen molar-refractivity contribution in [1.29, 1.82) is 0 Å². The molecule has 0 spiro atoms. The Balaban J connectivity index is 0.00000259. The molecule has 1 aliphatic heterocycles. The molecule has 0 saturated carbocycles. The van der Waals surface area contributed by atoms with Gasteiger partial charge in [-0.2, -0.15) is 0 Å². The van der Waals surface area contributed by atoms with E-state index in [9.17, 15) is 12.8 Å². The van der Waals surface area contributed by atoms with E-state index in [1.165, 1.54) is 33.9 Å². The SMILES string of the molecule is Cl.O=S(=O)(c1cccc(F)c1)n1ccc2cc(N3CCN(Cc4ccccc4)CC3)ccc21. The van der Waals surface area contributed by atoms with Gasteiger partial charge in [-0.3, -0.25) is 4.90 Å². The monoisotopic (exact) mass is 485 g/mol. The van der Waals surface area contributed by atoms with Crippen molar-refractivity contribution in [3.05, 3.63) is 96.4 Å². The van der Waals surface area contributed by atoms with Gasteiger partial charge < -0.3 is 4.90 Å². The number of benzene rings is 3. The van der Waals surface area contributed by atoms with Crippen LogP contribution in [0.1, 0.15) is 5.56 Å². The fraction of sp³-hybridized carbons (Fsp3) is 0.200. The molecule has 5 rings (SSSR count). The standard InChI is InChI=1S/C25H24FN3O2S.ClH/c26-22-7-4-8-24(18-22)32(30,31)29-12-11-21-17-23(9-10-25(21)29)28-15-13-27(14-16-28)19-20-5-2-1-3-6-20;/h1-12,17-18H,13-16,19H2;1H. The largest absolute Gasteiger partial charge is 0.369 e. The quantitative estimate of drug-likeness (QED) is 0.409. The molecule has 33 heavy (non-hydrogen) atoms. The van der Waals surface area contributed by atoms with Gasteiger partial charge in [0.15, 0.2) is 0 Å². The number of fused-ring (bicyclic) bond motifs is 1. The summed E-state index contributed by atoms with van der Waals surface area (Å²) in [5.74, 6) is -0.573. The maximum atomic E-state index is 13.6. The highest BCUT2D eigenvalue weighted by molar-refractivity contribution is 7.90. The summed E-state index contributed by atoms with van der Waals surface area (Å²) in [5, 5.41) is 0.842. The number of hydrogen-bond donors (Lipinski definition) is 0. The van der Waals surface area contributed by atoms with E-state index in [2.05, 4.69) is 34.1 Å². The predicted octanol–water partition coefficient (Wildman–Crippen LogP) is 4.76. The van der Waals surface area contributed by atoms with Crippen LogP contribution in [0.3, 0.4) is 0 Å². The highest BCUT2D eigenvalue weighted by Gasteiger charge is 2.21. The number of piperazine rings is 1. The van der Waals surface area contributed by atoms with Crippen LogP contribution >= 0.6 is 12.4 Å². The zero-order valence-corrected chi connectivity index (χ0v) is 19.6. The van der Waals surface area contributed by atoms with Crippen LogP contribution < -0.4 is 4.90 Å². The van der Waals surface area contributed by atoms with E-state index in [1.54, 1.807) is 6.07 Å². The van der Waals surface area contributed by atoms with Gasteiger partial charge in [0.1, 0.15) is 5.82 Å². The number of aromatic nitrogens is 1. The summed E-state index contributed by atoms with van der Waals surface area (Å²) >= 11 is 0. The number of hydrogen-bond acceptors (Lipinski definition) is 4. The number of anilines is 1. The van der Waals surface area contributed by atoms with E-state index in [4.69, 9.17) is 0 Å². The van der Waals surface area contributed by atoms with Crippen molar-refractivity contribution in [3.63, 3.8) is 0 Å². The van der Waals surface area contributed by atoms with Crippen LogP contribution in [0.4, 0.5) is 10.1 Å². The van der Waals surface area contributed by atoms with Gasteiger partial charge in [-0.25, -0.2) is 16.8 Å². The summed E-state index contributed by atoms with van der Waals surface area (Å²) in [6.07, 6.45) is 1.53. The normalized spacial score (nSPS) is 14.9. The zero-order valence-electron chi connectivity index (χ0n) is 18.0. The van der Waals surface area contributed by atoms with Crippen molar-refractivity contribution in [2.75, 3.05) is 31.1 Å². The summed E-state index contributed by atoms with van der Waals surface area (Å²) in [7, 11) is -3.86. The lowest BCUT2D eigenvalue weighted by Crippen LogP contribution is -2.45. The molecule has 1 aliphatic rings. The van der Waals surface area contributed by atoms with Gasteiger partial charge in [-0.1, -0.05) is 36.4 Å². The molecule has 3 aromatic carbocycles. The molecule has 2 heterocycles. The van der Waals surface area contributed by atoms with Crippen LogP contribution in [0.2, 0.25) is 0 Å². The lowest BCUT2D eigenvalue weighted by molar-refractivity contribution is 0.250. The Morgan fingerprint density at radius 3 is 2.30 bits per heavy atom. The minimum absolute atomic E-state index is 0. The average Bonchev–Trinajstić information content (AvgIpc) is 3.24. The third kappa shape index (κ3) is 4.76. The van der Waals surface area contributed by atoms with E-state index < -0.39 is 15.8 Å². The van der Waals surface area contributed by atoms with Crippen molar-refractivity contribution in [3.8, 4) is 0 Å². The lowest BCUT2D eigenvalue weighted by Gasteiger charge is -2.36. The Kier molecular flexibility index (Phi) is 6.74. The summed E-state index contributed by atoms with van der Waals surface area (Å²) in [5.41, 5.74) is 2.99. The molecule has 0 N–H and O–H groups in total. The first-order valence-corrected chi connectivity index (χ1v) is 12.1. The maximum absolute atomic E-state index is 13.6. The fourth-order valence-corrected chi connectivity index (χ4v) is 5.64. The molecule has 5 nitrogen and oxygen atoms in total. The van der Waals surface area contributed by atoms with Crippen LogP contribution in [0.15, 0.2) is 90.0 Å². The first-order chi connectivity index (χ1) is 15.5. The van der Waals surface area contributed by atoms with Crippen molar-refractivity contribution in [2.45, 2.75) is 11.4 Å². The van der Waals surface area contributed by atoms with Gasteiger partial charge in [0.2, 0.25) is 0 Å². The molecule has 0 bridgehead atoms. The second-order valence-electron chi connectivity index (χ2n) is 8.07. The second-order valence-corrected chi connectivity index (χ2v) is 9.88. The molecule has 1 saturated heterocycles. The van der Waals surface area contributed by atoms with Gasteiger partial charge in [0.25, 0.3) is 10.0 Å². The highest BCUT2D eigenvalue weighted by Crippen LogP contribution is 2.27. The maximum Gasteiger partial charge on any atom is 0.268 e. The Labute approximate surface area is 199 Å². The average molecular weight is 486 g/mol. The van der Waals surface area contributed by atoms with Gasteiger partial charge in [-0.05, 0) is 48.0 Å². The van der Waals surface area contributed by atoms with Crippen molar-refractivity contribution < 1.29 is 12.8 Å². The summed E-state index contributed by atoms with van der Waals surface area (Å²) in [6, 6.07) is 23.2. The third-order valence-corrected chi connectivity index (χ3v) is 7.66. The van der Waals surface area contributed by atoms with E-state index in [1.807, 2.05) is 24.3 Å². The molecule has 0 aliphatic carbocycles. The second kappa shape index (κ2) is 9.55. The van der Waals surface area contributed by atoms with Crippen LogP contribution in [0.5, 0.6) is 0 Å². The van der Waals surface area contributed by atoms with Crippen molar-refractivity contribution >= 4 is 39.0 Å². The van der Waals surface area contributed by atoms with E-state index >= 15 is 0 Å². The first kappa shape index (κ1) is 23.3. The first-order valence-electron chi connectivity index (χ1n) is 10.6. The molecule has 8 heteroatoms. The number of nitrogens with zero attached hydrogens (tertiary/aromatic N) is 3. The minimum atomic E-state index is -3.86. The Bertz CT molecular complexity index is 1350. The van der Waals surface area contributed by atoms with Crippen LogP contribution in [-0.4, -0.2) is 43.5 Å². The van der Waals surface area contributed by atoms with E-state index in [0.717, 1.165) is 49.9 Å². The number of rotatable bonds is 5. The Morgan fingerprint density at radius 2 is 1.58 bits per heavy atom. The lowest BCUT2D eigenvalue weighted by atomic mass is 10.1. The molecule has 1 aromatic heterocycles. The summed E-state index contributed by atoms with van der Waals surface area (Å²) in [6.45, 7) is 4.74. The van der Waals surface area contributed by atoms with Gasteiger partial charge in [-0.15, -0.1) is 12.4 Å². The zero-order chi connectivity index (χ0) is 22.1. The van der Waals surface area contributed by atoms with Gasteiger partial charge in [0.05, 0.1) is 10.4 Å². The topological polar surface area (TPSA) is 45.6 Å². The summed E-state index contributed by atoms with van der Waals surface area (Å²) < 4.78 is 40.8. The van der Waals surface area contributed by atoms with E-state index in [0.29, 0.717) is 5.52 Å². The van der Waals surface area contributed by atoms with Gasteiger partial charge in [0, 0.05) is 50.0 Å². The third-order valence-electron chi connectivity index (χ3n) is 5.98. The molecular weight excluding hydrogens is 461 g/mol. The molecule has 1 fully saturated rings. The highest BCUT2D eigenvalue weighted by atomic mass is 35.5. The molecular formula is C25H25ClFN3O2S. The Morgan fingerprint density at radius 1 is 0.818 bits per heavy atom. The molecule has 0 unspecified atom stereocenters. The van der Waals surface area contributed by atoms with Crippen molar-refractivity contribution in [1.82, 2.24) is 8.87 Å². The van der Waals surface area contributed by atoms with Crippen LogP contribution in [-0.2, 0) is 16.6 Å². The van der Waals surface area contributed by atoms with Gasteiger partial charge >= 0.3 is 0 Å². The van der Waals surface area contributed by atoms with Crippen LogP contribution in [0.25, 0.3) is 10.9 Å². The van der Waals surface area contributed by atoms with Crippen molar-refractivity contribution in [2.24, 2.45) is 0 Å².